The lowest BCUT2D eigenvalue weighted by atomic mass is 10.2. The summed E-state index contributed by atoms with van der Waals surface area (Å²) in [5.74, 6) is -0.535. The minimum Gasteiger partial charge on any atom is -0.459 e. The Morgan fingerprint density at radius 2 is 2.10 bits per heavy atom. The van der Waals surface area contributed by atoms with Crippen molar-refractivity contribution in [2.45, 2.75) is 6.92 Å². The van der Waals surface area contributed by atoms with Crippen LogP contribution in [0.3, 0.4) is 0 Å². The van der Waals surface area contributed by atoms with Crippen LogP contribution in [0.4, 0.5) is 5.69 Å². The van der Waals surface area contributed by atoms with Crippen molar-refractivity contribution in [1.29, 1.82) is 0 Å². The lowest BCUT2D eigenvalue weighted by molar-refractivity contribution is -0.384. The molecule has 2 rings (SSSR count). The SMILES string of the molecule is Cc1nc(-c2ccc([N+](=O)[O-])cc2)sc1C(=O)OCCO. The van der Waals surface area contributed by atoms with Gasteiger partial charge in [0.15, 0.2) is 0 Å². The number of carbonyl (C=O) groups excluding carboxylic acids is 1. The smallest absolute Gasteiger partial charge is 0.350 e. The van der Waals surface area contributed by atoms with Gasteiger partial charge < -0.3 is 9.84 Å². The maximum absolute atomic E-state index is 11.8. The van der Waals surface area contributed by atoms with Crippen molar-refractivity contribution in [3.05, 3.63) is 45.0 Å². The van der Waals surface area contributed by atoms with Crippen LogP contribution in [-0.2, 0) is 4.74 Å². The Bertz CT molecular complexity index is 666. The second-order valence-electron chi connectivity index (χ2n) is 4.10. The lowest BCUT2D eigenvalue weighted by Gasteiger charge is -1.99. The molecule has 1 heterocycles. The predicted molar refractivity (Wildman–Crippen MR) is 76.3 cm³/mol. The number of aryl methyl sites for hydroxylation is 1. The maximum Gasteiger partial charge on any atom is 0.350 e. The number of nitro groups is 1. The molecule has 1 aromatic carbocycles. The number of ether oxygens (including phenoxy) is 1. The summed E-state index contributed by atoms with van der Waals surface area (Å²) in [6, 6.07) is 5.93. The number of esters is 1. The van der Waals surface area contributed by atoms with Crippen molar-refractivity contribution >= 4 is 23.0 Å². The molecule has 0 aliphatic rings. The van der Waals surface area contributed by atoms with Crippen LogP contribution in [0, 0.1) is 17.0 Å². The highest BCUT2D eigenvalue weighted by molar-refractivity contribution is 7.17. The number of benzene rings is 1. The third kappa shape index (κ3) is 3.41. The van der Waals surface area contributed by atoms with E-state index in [1.54, 1.807) is 19.1 Å². The first-order chi connectivity index (χ1) is 10.0. The van der Waals surface area contributed by atoms with Crippen molar-refractivity contribution < 1.29 is 19.6 Å². The highest BCUT2D eigenvalue weighted by Gasteiger charge is 2.17. The summed E-state index contributed by atoms with van der Waals surface area (Å²) in [5, 5.41) is 19.8. The zero-order valence-electron chi connectivity index (χ0n) is 11.1. The molecule has 0 atom stereocenters. The molecular weight excluding hydrogens is 296 g/mol. The number of hydrogen-bond donors (Lipinski definition) is 1. The van der Waals surface area contributed by atoms with E-state index in [0.717, 1.165) is 11.3 Å². The normalized spacial score (nSPS) is 10.4. The number of aromatic nitrogens is 1. The molecule has 21 heavy (non-hydrogen) atoms. The molecule has 0 saturated heterocycles. The first-order valence-electron chi connectivity index (χ1n) is 6.03. The second kappa shape index (κ2) is 6.42. The monoisotopic (exact) mass is 308 g/mol. The average Bonchev–Trinajstić information content (AvgIpc) is 2.87. The molecule has 0 radical (unpaired) electrons. The van der Waals surface area contributed by atoms with Crippen LogP contribution in [0.5, 0.6) is 0 Å². The molecule has 1 N–H and O–H groups in total. The zero-order valence-corrected chi connectivity index (χ0v) is 11.9. The Morgan fingerprint density at radius 3 is 2.67 bits per heavy atom. The molecule has 0 saturated carbocycles. The van der Waals surface area contributed by atoms with Crippen LogP contribution < -0.4 is 0 Å². The van der Waals surface area contributed by atoms with Crippen LogP contribution in [0.25, 0.3) is 10.6 Å². The number of aliphatic hydroxyl groups is 1. The molecule has 2 aromatic rings. The Kier molecular flexibility index (Phi) is 4.61. The van der Waals surface area contributed by atoms with Crippen molar-refractivity contribution in [2.75, 3.05) is 13.2 Å². The van der Waals surface area contributed by atoms with Gasteiger partial charge in [-0.2, -0.15) is 0 Å². The van der Waals surface area contributed by atoms with Gasteiger partial charge >= 0.3 is 5.97 Å². The van der Waals surface area contributed by atoms with E-state index in [-0.39, 0.29) is 18.9 Å². The summed E-state index contributed by atoms with van der Waals surface area (Å²) in [5.41, 5.74) is 1.21. The molecule has 0 aliphatic carbocycles. The van der Waals surface area contributed by atoms with E-state index < -0.39 is 10.9 Å². The van der Waals surface area contributed by atoms with Crippen LogP contribution in [0.1, 0.15) is 15.4 Å². The van der Waals surface area contributed by atoms with Gasteiger partial charge in [-0.05, 0) is 19.1 Å². The van der Waals surface area contributed by atoms with Gasteiger partial charge in [0.25, 0.3) is 5.69 Å². The topological polar surface area (TPSA) is 103 Å². The van der Waals surface area contributed by atoms with Gasteiger partial charge in [0.1, 0.15) is 16.5 Å². The molecule has 8 heteroatoms. The number of aliphatic hydroxyl groups excluding tert-OH is 1. The number of nitro benzene ring substituents is 1. The Morgan fingerprint density at radius 1 is 1.43 bits per heavy atom. The van der Waals surface area contributed by atoms with Gasteiger partial charge in [0.05, 0.1) is 17.2 Å². The first kappa shape index (κ1) is 15.1. The third-order valence-corrected chi connectivity index (χ3v) is 3.82. The number of carbonyl (C=O) groups is 1. The van der Waals surface area contributed by atoms with Gasteiger partial charge in [-0.25, -0.2) is 9.78 Å². The van der Waals surface area contributed by atoms with Gasteiger partial charge in [-0.3, -0.25) is 10.1 Å². The standard InChI is InChI=1S/C13H12N2O5S/c1-8-11(13(17)20-7-6-16)21-12(14-8)9-2-4-10(5-3-9)15(18)19/h2-5,16H,6-7H2,1H3. The van der Waals surface area contributed by atoms with E-state index in [1.807, 2.05) is 0 Å². The fraction of sp³-hybridized carbons (Fsp3) is 0.231. The molecule has 1 aromatic heterocycles. The van der Waals surface area contributed by atoms with Crippen molar-refractivity contribution in [2.24, 2.45) is 0 Å². The summed E-state index contributed by atoms with van der Waals surface area (Å²) in [6.07, 6.45) is 0. The molecular formula is C13H12N2O5S. The van der Waals surface area contributed by atoms with Crippen molar-refractivity contribution in [3.63, 3.8) is 0 Å². The van der Waals surface area contributed by atoms with Gasteiger partial charge in [0, 0.05) is 17.7 Å². The summed E-state index contributed by atoms with van der Waals surface area (Å²) in [6.45, 7) is 1.38. The van der Waals surface area contributed by atoms with E-state index in [2.05, 4.69) is 4.98 Å². The summed E-state index contributed by atoms with van der Waals surface area (Å²) in [4.78, 5) is 26.5. The van der Waals surface area contributed by atoms with Crippen LogP contribution in [0.2, 0.25) is 0 Å². The van der Waals surface area contributed by atoms with E-state index in [9.17, 15) is 14.9 Å². The zero-order chi connectivity index (χ0) is 15.4. The molecule has 110 valence electrons. The minimum atomic E-state index is -0.535. The van der Waals surface area contributed by atoms with Gasteiger partial charge in [-0.15, -0.1) is 11.3 Å². The predicted octanol–water partition coefficient (Wildman–Crippen LogP) is 2.18. The van der Waals surface area contributed by atoms with Gasteiger partial charge in [0.2, 0.25) is 0 Å². The Labute approximate surface area is 124 Å². The molecule has 0 bridgehead atoms. The summed E-state index contributed by atoms with van der Waals surface area (Å²) < 4.78 is 4.85. The number of rotatable bonds is 5. The molecule has 0 spiro atoms. The maximum atomic E-state index is 11.8. The van der Waals surface area contributed by atoms with Crippen LogP contribution in [-0.4, -0.2) is 34.2 Å². The van der Waals surface area contributed by atoms with Crippen molar-refractivity contribution in [3.8, 4) is 10.6 Å². The fourth-order valence-electron chi connectivity index (χ4n) is 1.64. The van der Waals surface area contributed by atoms with E-state index in [1.165, 1.54) is 12.1 Å². The minimum absolute atomic E-state index is 0.00499. The second-order valence-corrected chi connectivity index (χ2v) is 5.10. The number of thiazole rings is 1. The molecule has 0 fully saturated rings. The number of nitrogens with zero attached hydrogens (tertiary/aromatic N) is 2. The lowest BCUT2D eigenvalue weighted by Crippen LogP contribution is -2.08. The van der Waals surface area contributed by atoms with Crippen molar-refractivity contribution in [1.82, 2.24) is 4.98 Å². The highest BCUT2D eigenvalue weighted by atomic mass is 32.1. The fourth-order valence-corrected chi connectivity index (χ4v) is 2.60. The van der Waals surface area contributed by atoms with Crippen LogP contribution in [0.15, 0.2) is 24.3 Å². The van der Waals surface area contributed by atoms with E-state index in [4.69, 9.17) is 9.84 Å². The third-order valence-electron chi connectivity index (χ3n) is 2.63. The molecule has 0 unspecified atom stereocenters. The molecule has 0 aliphatic heterocycles. The highest BCUT2D eigenvalue weighted by Crippen LogP contribution is 2.29. The van der Waals surface area contributed by atoms with Crippen LogP contribution >= 0.6 is 11.3 Å². The summed E-state index contributed by atoms with van der Waals surface area (Å²) in [7, 11) is 0. The summed E-state index contributed by atoms with van der Waals surface area (Å²) >= 11 is 1.15. The molecule has 7 nitrogen and oxygen atoms in total. The Balaban J connectivity index is 2.25. The Hall–Kier alpha value is -2.32. The van der Waals surface area contributed by atoms with Gasteiger partial charge in [-0.1, -0.05) is 0 Å². The molecule has 0 amide bonds. The largest absolute Gasteiger partial charge is 0.459 e. The average molecular weight is 308 g/mol. The van der Waals surface area contributed by atoms with E-state index in [0.29, 0.717) is 21.1 Å². The quantitative estimate of drug-likeness (QED) is 0.516. The number of non-ortho nitro benzene ring substituents is 1. The first-order valence-corrected chi connectivity index (χ1v) is 6.85. The van der Waals surface area contributed by atoms with E-state index >= 15 is 0 Å². The number of hydrogen-bond acceptors (Lipinski definition) is 7.